The zero-order valence-corrected chi connectivity index (χ0v) is 11.4. The third-order valence-electron chi connectivity index (χ3n) is 3.67. The van der Waals surface area contributed by atoms with Gasteiger partial charge < -0.3 is 20.3 Å². The maximum Gasteiger partial charge on any atom is 0.329 e. The minimum Gasteiger partial charge on any atom is -0.480 e. The predicted molar refractivity (Wildman–Crippen MR) is 69.9 cm³/mol. The van der Waals surface area contributed by atoms with Gasteiger partial charge >= 0.3 is 12.0 Å². The Hall–Kier alpha value is -2.05. The van der Waals surface area contributed by atoms with E-state index in [-0.39, 0.29) is 12.5 Å². The van der Waals surface area contributed by atoms with Gasteiger partial charge in [-0.2, -0.15) is 0 Å². The van der Waals surface area contributed by atoms with Crippen LogP contribution in [-0.4, -0.2) is 27.8 Å². The summed E-state index contributed by atoms with van der Waals surface area (Å²) in [5, 5.41) is 18.2. The Balaban J connectivity index is 1.94. The van der Waals surface area contributed by atoms with Gasteiger partial charge in [-0.25, -0.2) is 9.59 Å². The number of carbonyl (C=O) groups excluding carboxylic acids is 1. The van der Waals surface area contributed by atoms with E-state index in [9.17, 15) is 14.7 Å². The van der Waals surface area contributed by atoms with Crippen LogP contribution < -0.4 is 10.6 Å². The zero-order valence-electron chi connectivity index (χ0n) is 11.4. The fraction of sp³-hybridized carbons (Fsp3) is 0.615. The van der Waals surface area contributed by atoms with Gasteiger partial charge in [-0.1, -0.05) is 24.9 Å². The number of hydrogen-bond acceptors (Lipinski definition) is 4. The van der Waals surface area contributed by atoms with Crippen molar-refractivity contribution in [1.82, 2.24) is 15.8 Å². The number of urea groups is 1. The number of aromatic nitrogens is 1. The van der Waals surface area contributed by atoms with E-state index < -0.39 is 17.5 Å². The molecule has 1 heterocycles. The summed E-state index contributed by atoms with van der Waals surface area (Å²) in [6, 6.07) is 1.13. The number of carboxylic acid groups (broad SMARTS) is 1. The highest BCUT2D eigenvalue weighted by Gasteiger charge is 2.43. The molecule has 2 rings (SSSR count). The van der Waals surface area contributed by atoms with Crippen LogP contribution in [0.15, 0.2) is 16.8 Å². The molecule has 7 nitrogen and oxygen atoms in total. The molecule has 0 bridgehead atoms. The van der Waals surface area contributed by atoms with Gasteiger partial charge in [0.25, 0.3) is 0 Å². The third kappa shape index (κ3) is 3.28. The van der Waals surface area contributed by atoms with Crippen molar-refractivity contribution in [2.75, 3.05) is 0 Å². The molecule has 0 radical (unpaired) electrons. The highest BCUT2D eigenvalue weighted by molar-refractivity contribution is 5.86. The summed E-state index contributed by atoms with van der Waals surface area (Å²) in [5.41, 5.74) is -1.16. The van der Waals surface area contributed by atoms with E-state index >= 15 is 0 Å². The van der Waals surface area contributed by atoms with Crippen molar-refractivity contribution in [3.63, 3.8) is 0 Å². The summed E-state index contributed by atoms with van der Waals surface area (Å²) in [6.45, 7) is 2.18. The molecule has 1 aliphatic carbocycles. The molecule has 1 saturated carbocycles. The predicted octanol–water partition coefficient (Wildman–Crippen LogP) is 1.51. The Morgan fingerprint density at radius 1 is 1.60 bits per heavy atom. The van der Waals surface area contributed by atoms with E-state index in [1.54, 1.807) is 6.07 Å². The molecule has 2 amide bonds. The van der Waals surface area contributed by atoms with Crippen molar-refractivity contribution >= 4 is 12.0 Å². The third-order valence-corrected chi connectivity index (χ3v) is 3.67. The Morgan fingerprint density at radius 3 is 3.00 bits per heavy atom. The molecule has 1 aliphatic rings. The molecule has 3 N–H and O–H groups in total. The maximum absolute atomic E-state index is 11.9. The van der Waals surface area contributed by atoms with E-state index in [2.05, 4.69) is 15.8 Å². The normalized spacial score (nSPS) is 25.9. The lowest BCUT2D eigenvalue weighted by atomic mass is 9.76. The highest BCUT2D eigenvalue weighted by atomic mass is 16.5. The van der Waals surface area contributed by atoms with E-state index in [0.717, 1.165) is 12.8 Å². The molecule has 2 atom stereocenters. The lowest BCUT2D eigenvalue weighted by Crippen LogP contribution is -2.58. The number of nitrogens with one attached hydrogen (secondary N) is 2. The smallest absolute Gasteiger partial charge is 0.329 e. The van der Waals surface area contributed by atoms with Crippen molar-refractivity contribution in [2.24, 2.45) is 5.92 Å². The molecule has 0 aliphatic heterocycles. The van der Waals surface area contributed by atoms with Gasteiger partial charge in [-0.15, -0.1) is 0 Å². The SMILES string of the molecule is CC1CCCC(NC(=O)NCc2ccno2)(C(=O)O)C1. The Morgan fingerprint density at radius 2 is 2.40 bits per heavy atom. The van der Waals surface area contributed by atoms with Crippen molar-refractivity contribution in [3.05, 3.63) is 18.0 Å². The molecule has 20 heavy (non-hydrogen) atoms. The van der Waals surface area contributed by atoms with Crippen LogP contribution in [0.2, 0.25) is 0 Å². The summed E-state index contributed by atoms with van der Waals surface area (Å²) in [6.07, 6.45) is 4.20. The molecule has 110 valence electrons. The first-order chi connectivity index (χ1) is 9.52. The summed E-state index contributed by atoms with van der Waals surface area (Å²) in [7, 11) is 0. The van der Waals surface area contributed by atoms with Gasteiger partial charge in [0, 0.05) is 6.07 Å². The summed E-state index contributed by atoms with van der Waals surface area (Å²) in [5.74, 6) is -0.171. The van der Waals surface area contributed by atoms with Crippen LogP contribution in [-0.2, 0) is 11.3 Å². The van der Waals surface area contributed by atoms with E-state index in [0.29, 0.717) is 18.6 Å². The standard InChI is InChI=1S/C13H19N3O4/c1-9-3-2-5-13(7-9,11(17)18)16-12(19)14-8-10-4-6-15-20-10/h4,6,9H,2-3,5,7-8H2,1H3,(H,17,18)(H2,14,16,19). The number of carbonyl (C=O) groups is 2. The number of hydrogen-bond donors (Lipinski definition) is 3. The molecule has 7 heteroatoms. The van der Waals surface area contributed by atoms with Crippen LogP contribution in [0.3, 0.4) is 0 Å². The molecular weight excluding hydrogens is 262 g/mol. The Labute approximate surface area is 116 Å². The lowest BCUT2D eigenvalue weighted by molar-refractivity contribution is -0.146. The second-order valence-electron chi connectivity index (χ2n) is 5.38. The summed E-state index contributed by atoms with van der Waals surface area (Å²) in [4.78, 5) is 23.4. The first-order valence-electron chi connectivity index (χ1n) is 6.71. The Kier molecular flexibility index (Phi) is 4.26. The van der Waals surface area contributed by atoms with Crippen LogP contribution in [0.4, 0.5) is 4.79 Å². The minimum absolute atomic E-state index is 0.178. The van der Waals surface area contributed by atoms with E-state index in [1.165, 1.54) is 6.20 Å². The molecule has 0 spiro atoms. The van der Waals surface area contributed by atoms with E-state index in [1.807, 2.05) is 6.92 Å². The van der Waals surface area contributed by atoms with Crippen molar-refractivity contribution in [3.8, 4) is 0 Å². The molecule has 0 aromatic carbocycles. The number of aliphatic carboxylic acids is 1. The van der Waals surface area contributed by atoms with Gasteiger partial charge in [0.2, 0.25) is 0 Å². The van der Waals surface area contributed by atoms with Gasteiger partial charge in [0.1, 0.15) is 5.54 Å². The molecular formula is C13H19N3O4. The average Bonchev–Trinajstić information content (AvgIpc) is 2.89. The van der Waals surface area contributed by atoms with E-state index in [4.69, 9.17) is 4.52 Å². The van der Waals surface area contributed by atoms with Gasteiger partial charge in [0.15, 0.2) is 5.76 Å². The van der Waals surface area contributed by atoms with Crippen LogP contribution in [0.1, 0.15) is 38.4 Å². The highest BCUT2D eigenvalue weighted by Crippen LogP contribution is 2.32. The fourth-order valence-electron chi connectivity index (χ4n) is 2.67. The maximum atomic E-state index is 11.9. The van der Waals surface area contributed by atoms with Crippen molar-refractivity contribution < 1.29 is 19.2 Å². The van der Waals surface area contributed by atoms with Gasteiger partial charge in [-0.3, -0.25) is 0 Å². The summed E-state index contributed by atoms with van der Waals surface area (Å²) < 4.78 is 4.85. The largest absolute Gasteiger partial charge is 0.480 e. The topological polar surface area (TPSA) is 104 Å². The van der Waals surface area contributed by atoms with Gasteiger partial charge in [-0.05, 0) is 18.8 Å². The number of carboxylic acids is 1. The molecule has 0 saturated heterocycles. The minimum atomic E-state index is -1.16. The molecule has 1 aromatic rings. The summed E-state index contributed by atoms with van der Waals surface area (Å²) >= 11 is 0. The quantitative estimate of drug-likeness (QED) is 0.776. The Bertz CT molecular complexity index is 474. The average molecular weight is 281 g/mol. The molecule has 2 unspecified atom stereocenters. The van der Waals surface area contributed by atoms with Crippen LogP contribution in [0, 0.1) is 5.92 Å². The first-order valence-corrected chi connectivity index (χ1v) is 6.71. The number of amides is 2. The number of nitrogens with zero attached hydrogens (tertiary/aromatic N) is 1. The second kappa shape index (κ2) is 5.94. The van der Waals surface area contributed by atoms with Gasteiger partial charge in [0.05, 0.1) is 12.7 Å². The fourth-order valence-corrected chi connectivity index (χ4v) is 2.67. The van der Waals surface area contributed by atoms with Crippen LogP contribution in [0.5, 0.6) is 0 Å². The monoisotopic (exact) mass is 281 g/mol. The van der Waals surface area contributed by atoms with Crippen LogP contribution >= 0.6 is 0 Å². The van der Waals surface area contributed by atoms with Crippen molar-refractivity contribution in [1.29, 1.82) is 0 Å². The molecule has 1 fully saturated rings. The molecule has 1 aromatic heterocycles. The second-order valence-corrected chi connectivity index (χ2v) is 5.38. The van der Waals surface area contributed by atoms with Crippen molar-refractivity contribution in [2.45, 2.75) is 44.7 Å². The van der Waals surface area contributed by atoms with Crippen LogP contribution in [0.25, 0.3) is 0 Å². The number of rotatable bonds is 4. The zero-order chi connectivity index (χ0) is 14.6. The lowest BCUT2D eigenvalue weighted by Gasteiger charge is -2.36. The first kappa shape index (κ1) is 14.4.